The largest absolute Gasteiger partial charge is 0.494 e. The Labute approximate surface area is 203 Å². The van der Waals surface area contributed by atoms with Crippen LogP contribution >= 0.6 is 0 Å². The number of benzene rings is 2. The lowest BCUT2D eigenvalue weighted by Crippen LogP contribution is -2.07. The lowest BCUT2D eigenvalue weighted by Gasteiger charge is -2.11. The maximum Gasteiger partial charge on any atom is 0.349 e. The predicted molar refractivity (Wildman–Crippen MR) is 130 cm³/mol. The predicted octanol–water partition coefficient (Wildman–Crippen LogP) is 5.19. The van der Waals surface area contributed by atoms with Gasteiger partial charge in [-0.25, -0.2) is 4.79 Å². The van der Waals surface area contributed by atoms with Gasteiger partial charge in [0.05, 0.1) is 6.61 Å². The normalized spacial score (nSPS) is 11.2. The number of rotatable bonds is 8. The number of hydrogen-bond acceptors (Lipinski definition) is 7. The van der Waals surface area contributed by atoms with Crippen LogP contribution in [0.3, 0.4) is 0 Å². The van der Waals surface area contributed by atoms with Crippen molar-refractivity contribution >= 4 is 12.0 Å². The van der Waals surface area contributed by atoms with E-state index in [1.807, 2.05) is 92.1 Å². The molecule has 0 spiro atoms. The van der Waals surface area contributed by atoms with Gasteiger partial charge >= 0.3 is 5.97 Å². The van der Waals surface area contributed by atoms with Crippen LogP contribution in [-0.2, 0) is 16.1 Å². The average molecular weight is 469 g/mol. The van der Waals surface area contributed by atoms with E-state index in [-0.39, 0.29) is 18.1 Å². The average Bonchev–Trinajstić information content (AvgIpc) is 3.46. The standard InChI is InChI=1S/C27H24N4O4/c1-4-33-24-12-10-23(11-13-24)31-18(2)14-21(19(31)3)15-22(16-28)27(32)34-17-25-29-30-26(35-25)20-8-6-5-7-9-20/h5-15H,4,17H2,1-3H3/b22-15+. The summed E-state index contributed by atoms with van der Waals surface area (Å²) in [6.45, 7) is 6.20. The van der Waals surface area contributed by atoms with Crippen LogP contribution in [0.2, 0.25) is 0 Å². The molecular weight excluding hydrogens is 444 g/mol. The summed E-state index contributed by atoms with van der Waals surface area (Å²) in [5.74, 6) is 0.501. The van der Waals surface area contributed by atoms with Gasteiger partial charge in [-0.05, 0) is 74.9 Å². The van der Waals surface area contributed by atoms with Gasteiger partial charge in [-0.2, -0.15) is 5.26 Å². The highest BCUT2D eigenvalue weighted by Crippen LogP contribution is 2.25. The molecule has 4 aromatic rings. The fraction of sp³-hybridized carbons (Fsp3) is 0.185. The van der Waals surface area contributed by atoms with E-state index in [0.717, 1.165) is 34.0 Å². The highest BCUT2D eigenvalue weighted by atomic mass is 16.5. The van der Waals surface area contributed by atoms with Gasteiger partial charge in [0, 0.05) is 22.6 Å². The molecule has 0 aliphatic rings. The summed E-state index contributed by atoms with van der Waals surface area (Å²) in [4.78, 5) is 12.6. The molecule has 0 amide bonds. The van der Waals surface area contributed by atoms with Crippen molar-refractivity contribution < 1.29 is 18.7 Å². The zero-order chi connectivity index (χ0) is 24.8. The van der Waals surface area contributed by atoms with E-state index in [1.165, 1.54) is 6.08 Å². The molecule has 8 heteroatoms. The number of ether oxygens (including phenoxy) is 2. The van der Waals surface area contributed by atoms with E-state index in [4.69, 9.17) is 13.9 Å². The van der Waals surface area contributed by atoms with Crippen LogP contribution in [0.4, 0.5) is 0 Å². The number of aryl methyl sites for hydroxylation is 1. The highest BCUT2D eigenvalue weighted by Gasteiger charge is 2.17. The number of nitriles is 1. The molecule has 0 atom stereocenters. The van der Waals surface area contributed by atoms with Crippen LogP contribution in [0.15, 0.2) is 70.7 Å². The SMILES string of the molecule is CCOc1ccc(-n2c(C)cc(/C=C(\C#N)C(=O)OCc3nnc(-c4ccccc4)o3)c2C)cc1. The molecule has 0 radical (unpaired) electrons. The maximum absolute atomic E-state index is 12.6. The van der Waals surface area contributed by atoms with Crippen molar-refractivity contribution in [3.05, 3.63) is 89.1 Å². The second-order valence-corrected chi connectivity index (χ2v) is 7.70. The second-order valence-electron chi connectivity index (χ2n) is 7.70. The number of aromatic nitrogens is 3. The monoisotopic (exact) mass is 468 g/mol. The van der Waals surface area contributed by atoms with Crippen LogP contribution in [-0.4, -0.2) is 27.3 Å². The van der Waals surface area contributed by atoms with Gasteiger partial charge < -0.3 is 18.5 Å². The summed E-state index contributed by atoms with van der Waals surface area (Å²) in [6.07, 6.45) is 1.53. The first-order valence-electron chi connectivity index (χ1n) is 11.1. The Bertz CT molecular complexity index is 1390. The molecule has 0 fully saturated rings. The number of nitrogens with zero attached hydrogens (tertiary/aromatic N) is 4. The summed E-state index contributed by atoms with van der Waals surface area (Å²) in [6, 6.07) is 20.9. The summed E-state index contributed by atoms with van der Waals surface area (Å²) in [5, 5.41) is 17.5. The molecule has 176 valence electrons. The fourth-order valence-corrected chi connectivity index (χ4v) is 3.70. The third-order valence-corrected chi connectivity index (χ3v) is 5.33. The van der Waals surface area contributed by atoms with E-state index in [9.17, 15) is 10.1 Å². The minimum Gasteiger partial charge on any atom is -0.494 e. The van der Waals surface area contributed by atoms with Crippen molar-refractivity contribution in [1.29, 1.82) is 5.26 Å². The Morgan fingerprint density at radius 1 is 1.11 bits per heavy atom. The molecule has 0 bridgehead atoms. The van der Waals surface area contributed by atoms with Crippen molar-refractivity contribution in [2.24, 2.45) is 0 Å². The van der Waals surface area contributed by atoms with Crippen molar-refractivity contribution in [3.63, 3.8) is 0 Å². The minimum absolute atomic E-state index is 0.125. The number of hydrogen-bond donors (Lipinski definition) is 0. The molecule has 0 unspecified atom stereocenters. The van der Waals surface area contributed by atoms with Gasteiger partial charge in [-0.15, -0.1) is 10.2 Å². The molecule has 35 heavy (non-hydrogen) atoms. The van der Waals surface area contributed by atoms with Crippen molar-refractivity contribution in [2.45, 2.75) is 27.4 Å². The summed E-state index contributed by atoms with van der Waals surface area (Å²) < 4.78 is 18.4. The molecule has 0 saturated heterocycles. The third kappa shape index (κ3) is 5.31. The lowest BCUT2D eigenvalue weighted by atomic mass is 10.1. The zero-order valence-electron chi connectivity index (χ0n) is 19.7. The van der Waals surface area contributed by atoms with E-state index in [0.29, 0.717) is 12.5 Å². The first-order valence-corrected chi connectivity index (χ1v) is 11.1. The van der Waals surface area contributed by atoms with E-state index in [2.05, 4.69) is 10.2 Å². The molecule has 2 aromatic carbocycles. The molecule has 0 N–H and O–H groups in total. The number of esters is 1. The molecule has 2 aromatic heterocycles. The Morgan fingerprint density at radius 2 is 1.86 bits per heavy atom. The van der Waals surface area contributed by atoms with Crippen molar-refractivity contribution in [2.75, 3.05) is 6.61 Å². The Kier molecular flexibility index (Phi) is 7.07. The molecule has 0 aliphatic carbocycles. The van der Waals surface area contributed by atoms with Gasteiger partial charge in [0.25, 0.3) is 5.89 Å². The quantitative estimate of drug-likeness (QED) is 0.199. The summed E-state index contributed by atoms with van der Waals surface area (Å²) >= 11 is 0. The smallest absolute Gasteiger partial charge is 0.349 e. The van der Waals surface area contributed by atoms with E-state index < -0.39 is 5.97 Å². The van der Waals surface area contributed by atoms with Crippen LogP contribution in [0.5, 0.6) is 5.75 Å². The maximum atomic E-state index is 12.6. The summed E-state index contributed by atoms with van der Waals surface area (Å²) in [5.41, 5.74) is 4.18. The highest BCUT2D eigenvalue weighted by molar-refractivity contribution is 5.98. The third-order valence-electron chi connectivity index (χ3n) is 5.33. The minimum atomic E-state index is -0.766. The van der Waals surface area contributed by atoms with Gasteiger partial charge in [-0.1, -0.05) is 18.2 Å². The van der Waals surface area contributed by atoms with Gasteiger partial charge in [0.15, 0.2) is 6.61 Å². The van der Waals surface area contributed by atoms with Gasteiger partial charge in [-0.3, -0.25) is 0 Å². The topological polar surface area (TPSA) is 103 Å². The van der Waals surface area contributed by atoms with Crippen LogP contribution in [0, 0.1) is 25.2 Å². The molecule has 0 aliphatic heterocycles. The van der Waals surface area contributed by atoms with Gasteiger partial charge in [0.2, 0.25) is 5.89 Å². The molecular formula is C27H24N4O4. The Balaban J connectivity index is 1.48. The van der Waals surface area contributed by atoms with Crippen LogP contribution in [0.25, 0.3) is 23.2 Å². The molecule has 2 heterocycles. The zero-order valence-corrected chi connectivity index (χ0v) is 19.7. The van der Waals surface area contributed by atoms with Crippen LogP contribution in [0.1, 0.15) is 29.8 Å². The van der Waals surface area contributed by atoms with E-state index >= 15 is 0 Å². The first-order chi connectivity index (χ1) is 17.0. The first kappa shape index (κ1) is 23.5. The van der Waals surface area contributed by atoms with E-state index in [1.54, 1.807) is 0 Å². The van der Waals surface area contributed by atoms with Crippen LogP contribution < -0.4 is 4.74 Å². The molecule has 0 saturated carbocycles. The second kappa shape index (κ2) is 10.5. The van der Waals surface area contributed by atoms with Crippen molar-refractivity contribution in [3.8, 4) is 29.0 Å². The Hall–Kier alpha value is -4.64. The number of carbonyl (C=O) groups is 1. The molecule has 8 nitrogen and oxygen atoms in total. The van der Waals surface area contributed by atoms with Gasteiger partial charge in [0.1, 0.15) is 17.4 Å². The number of carbonyl (C=O) groups excluding carboxylic acids is 1. The molecule has 4 rings (SSSR count). The van der Waals surface area contributed by atoms with Crippen molar-refractivity contribution in [1.82, 2.24) is 14.8 Å². The Morgan fingerprint density at radius 3 is 2.54 bits per heavy atom. The summed E-state index contributed by atoms with van der Waals surface area (Å²) in [7, 11) is 0. The fourth-order valence-electron chi connectivity index (χ4n) is 3.70. The lowest BCUT2D eigenvalue weighted by molar-refractivity contribution is -0.140.